The molecule has 0 aliphatic carbocycles. The Labute approximate surface area is 98.1 Å². The zero-order valence-corrected chi connectivity index (χ0v) is 9.21. The second kappa shape index (κ2) is 4.64. The van der Waals surface area contributed by atoms with Gasteiger partial charge >= 0.3 is 0 Å². The maximum Gasteiger partial charge on any atom is 0.141 e. The van der Waals surface area contributed by atoms with Crippen molar-refractivity contribution in [3.63, 3.8) is 0 Å². The lowest BCUT2D eigenvalue weighted by atomic mass is 10.0. The Balaban J connectivity index is 2.54. The molecule has 0 aliphatic heterocycles. The van der Waals surface area contributed by atoms with Gasteiger partial charge in [-0.1, -0.05) is 41.9 Å². The summed E-state index contributed by atoms with van der Waals surface area (Å²) < 4.78 is 13.0. The molecule has 0 radical (unpaired) electrons. The number of rotatable bonds is 2. The molecule has 2 aromatic rings. The van der Waals surface area contributed by atoms with Crippen LogP contribution in [-0.4, -0.2) is 5.11 Å². The minimum atomic E-state index is -0.438. The maximum atomic E-state index is 13.0. The quantitative estimate of drug-likeness (QED) is 0.844. The fraction of sp³-hybridized carbons (Fsp3) is 0.0769. The number of hydrogen-bond donors (Lipinski definition) is 1. The van der Waals surface area contributed by atoms with E-state index in [9.17, 15) is 9.50 Å². The van der Waals surface area contributed by atoms with Gasteiger partial charge in [-0.15, -0.1) is 0 Å². The van der Waals surface area contributed by atoms with Crippen molar-refractivity contribution in [3.05, 3.63) is 58.9 Å². The first-order chi connectivity index (χ1) is 7.72. The summed E-state index contributed by atoms with van der Waals surface area (Å²) in [7, 11) is 0. The smallest absolute Gasteiger partial charge is 0.141 e. The summed E-state index contributed by atoms with van der Waals surface area (Å²) in [6.07, 6.45) is 0. The molecule has 2 aromatic carbocycles. The van der Waals surface area contributed by atoms with Crippen LogP contribution in [0.25, 0.3) is 11.1 Å². The molecule has 0 saturated heterocycles. The van der Waals surface area contributed by atoms with Gasteiger partial charge in [-0.05, 0) is 28.8 Å². The third kappa shape index (κ3) is 2.08. The van der Waals surface area contributed by atoms with Crippen molar-refractivity contribution in [2.45, 2.75) is 6.61 Å². The highest BCUT2D eigenvalue weighted by Gasteiger charge is 2.06. The Hall–Kier alpha value is -1.38. The monoisotopic (exact) mass is 236 g/mol. The summed E-state index contributed by atoms with van der Waals surface area (Å²) in [5, 5.41) is 9.28. The van der Waals surface area contributed by atoms with E-state index in [0.717, 1.165) is 16.7 Å². The average molecular weight is 237 g/mol. The van der Waals surface area contributed by atoms with Crippen LogP contribution < -0.4 is 0 Å². The van der Waals surface area contributed by atoms with Crippen LogP contribution in [0, 0.1) is 5.82 Å². The first kappa shape index (κ1) is 11.1. The molecule has 0 unspecified atom stereocenters. The van der Waals surface area contributed by atoms with Crippen LogP contribution >= 0.6 is 11.6 Å². The summed E-state index contributed by atoms with van der Waals surface area (Å²) in [5.41, 5.74) is 2.47. The summed E-state index contributed by atoms with van der Waals surface area (Å²) in [6.45, 7) is -0.0504. The van der Waals surface area contributed by atoms with Gasteiger partial charge in [0.15, 0.2) is 0 Å². The Morgan fingerprint density at radius 2 is 1.88 bits per heavy atom. The highest BCUT2D eigenvalue weighted by atomic mass is 35.5. The van der Waals surface area contributed by atoms with Gasteiger partial charge in [0.1, 0.15) is 5.82 Å². The second-order valence-corrected chi connectivity index (χ2v) is 3.85. The van der Waals surface area contributed by atoms with E-state index in [1.165, 1.54) is 6.07 Å². The van der Waals surface area contributed by atoms with Crippen molar-refractivity contribution < 1.29 is 9.50 Å². The van der Waals surface area contributed by atoms with Gasteiger partial charge < -0.3 is 5.11 Å². The number of aliphatic hydroxyl groups excluding tert-OH is 1. The zero-order valence-electron chi connectivity index (χ0n) is 8.45. The van der Waals surface area contributed by atoms with Crippen molar-refractivity contribution in [2.75, 3.05) is 0 Å². The molecule has 82 valence electrons. The van der Waals surface area contributed by atoms with Gasteiger partial charge in [0, 0.05) is 0 Å². The van der Waals surface area contributed by atoms with Gasteiger partial charge in [0.25, 0.3) is 0 Å². The Morgan fingerprint density at radius 3 is 2.56 bits per heavy atom. The van der Waals surface area contributed by atoms with E-state index in [1.807, 2.05) is 24.3 Å². The molecule has 1 N–H and O–H groups in total. The summed E-state index contributed by atoms with van der Waals surface area (Å²) in [4.78, 5) is 0. The fourth-order valence-corrected chi connectivity index (χ4v) is 1.78. The van der Waals surface area contributed by atoms with Crippen molar-refractivity contribution in [3.8, 4) is 11.1 Å². The Kier molecular flexibility index (Phi) is 3.22. The van der Waals surface area contributed by atoms with Crippen LogP contribution in [0.5, 0.6) is 0 Å². The van der Waals surface area contributed by atoms with Crippen LogP contribution in [0.4, 0.5) is 4.39 Å². The van der Waals surface area contributed by atoms with E-state index >= 15 is 0 Å². The van der Waals surface area contributed by atoms with E-state index in [-0.39, 0.29) is 11.6 Å². The van der Waals surface area contributed by atoms with Crippen LogP contribution in [0.1, 0.15) is 5.56 Å². The molecule has 2 rings (SSSR count). The first-order valence-corrected chi connectivity index (χ1v) is 5.24. The summed E-state index contributed by atoms with van der Waals surface area (Å²) >= 11 is 5.72. The number of benzene rings is 2. The molecule has 0 atom stereocenters. The lowest BCUT2D eigenvalue weighted by Gasteiger charge is -2.07. The molecule has 0 heterocycles. The summed E-state index contributed by atoms with van der Waals surface area (Å²) in [5.74, 6) is -0.438. The molecule has 3 heteroatoms. The summed E-state index contributed by atoms with van der Waals surface area (Å²) in [6, 6.07) is 11.9. The lowest BCUT2D eigenvalue weighted by molar-refractivity contribution is 0.282. The molecule has 1 nitrogen and oxygen atoms in total. The van der Waals surface area contributed by atoms with E-state index in [2.05, 4.69) is 0 Å². The highest BCUT2D eigenvalue weighted by Crippen LogP contribution is 2.27. The molecule has 0 amide bonds. The number of aliphatic hydroxyl groups is 1. The Morgan fingerprint density at radius 1 is 1.12 bits per heavy atom. The van der Waals surface area contributed by atoms with E-state index in [0.29, 0.717) is 0 Å². The largest absolute Gasteiger partial charge is 0.392 e. The third-order valence-corrected chi connectivity index (χ3v) is 2.71. The second-order valence-electron chi connectivity index (χ2n) is 3.44. The SMILES string of the molecule is OCc1ccccc1-c1ccc(F)c(Cl)c1. The van der Waals surface area contributed by atoms with Gasteiger partial charge in [-0.2, -0.15) is 0 Å². The van der Waals surface area contributed by atoms with Crippen molar-refractivity contribution in [1.82, 2.24) is 0 Å². The van der Waals surface area contributed by atoms with Crippen LogP contribution in [0.3, 0.4) is 0 Å². The molecule has 0 aliphatic rings. The minimum Gasteiger partial charge on any atom is -0.392 e. The predicted molar refractivity (Wildman–Crippen MR) is 62.8 cm³/mol. The van der Waals surface area contributed by atoms with E-state index in [1.54, 1.807) is 12.1 Å². The van der Waals surface area contributed by atoms with Crippen molar-refractivity contribution in [1.29, 1.82) is 0 Å². The minimum absolute atomic E-state index is 0.0504. The molecule has 0 fully saturated rings. The standard InChI is InChI=1S/C13H10ClFO/c14-12-7-9(5-6-13(12)15)11-4-2-1-3-10(11)8-16/h1-7,16H,8H2. The van der Waals surface area contributed by atoms with Gasteiger partial charge in [-0.3, -0.25) is 0 Å². The zero-order chi connectivity index (χ0) is 11.5. The molecule has 0 spiro atoms. The molecule has 0 saturated carbocycles. The average Bonchev–Trinajstić information content (AvgIpc) is 2.32. The maximum absolute atomic E-state index is 13.0. The Bertz CT molecular complexity index is 511. The third-order valence-electron chi connectivity index (χ3n) is 2.42. The van der Waals surface area contributed by atoms with Gasteiger partial charge in [-0.25, -0.2) is 4.39 Å². The lowest BCUT2D eigenvalue weighted by Crippen LogP contribution is -1.89. The van der Waals surface area contributed by atoms with Gasteiger partial charge in [0.05, 0.1) is 11.6 Å². The van der Waals surface area contributed by atoms with Gasteiger partial charge in [0.2, 0.25) is 0 Å². The molecular formula is C13H10ClFO. The topological polar surface area (TPSA) is 20.2 Å². The molecule has 0 aromatic heterocycles. The van der Waals surface area contributed by atoms with Crippen molar-refractivity contribution in [2.24, 2.45) is 0 Å². The molecular weight excluding hydrogens is 227 g/mol. The molecule has 16 heavy (non-hydrogen) atoms. The van der Waals surface area contributed by atoms with Crippen LogP contribution in [0.15, 0.2) is 42.5 Å². The number of hydrogen-bond acceptors (Lipinski definition) is 1. The van der Waals surface area contributed by atoms with E-state index in [4.69, 9.17) is 11.6 Å². The molecule has 0 bridgehead atoms. The van der Waals surface area contributed by atoms with E-state index < -0.39 is 5.82 Å². The normalized spacial score (nSPS) is 10.4. The van der Waals surface area contributed by atoms with Crippen molar-refractivity contribution >= 4 is 11.6 Å². The van der Waals surface area contributed by atoms with Crippen LogP contribution in [0.2, 0.25) is 5.02 Å². The van der Waals surface area contributed by atoms with Crippen LogP contribution in [-0.2, 0) is 6.61 Å². The highest BCUT2D eigenvalue weighted by molar-refractivity contribution is 6.31. The first-order valence-electron chi connectivity index (χ1n) is 4.86. The fourth-order valence-electron chi connectivity index (χ4n) is 1.60. The predicted octanol–water partition coefficient (Wildman–Crippen LogP) is 3.64. The number of halogens is 2.